The lowest BCUT2D eigenvalue weighted by Crippen LogP contribution is -2.35. The summed E-state index contributed by atoms with van der Waals surface area (Å²) in [5.41, 5.74) is 7.94. The molecule has 1 aromatic rings. The van der Waals surface area contributed by atoms with Gasteiger partial charge in [-0.05, 0) is 49.9 Å². The Morgan fingerprint density at radius 2 is 2.10 bits per heavy atom. The average Bonchev–Trinajstić information content (AvgIpc) is 2.25. The molecule has 3 nitrogen and oxygen atoms in total. The van der Waals surface area contributed by atoms with Crippen LogP contribution in [0, 0.1) is 0 Å². The molecule has 0 atom stereocenters. The third kappa shape index (κ3) is 3.33. The Hall–Kier alpha value is -1.06. The van der Waals surface area contributed by atoms with Crippen molar-refractivity contribution in [1.82, 2.24) is 0 Å². The summed E-state index contributed by atoms with van der Waals surface area (Å²) in [6, 6.07) is 6.03. The highest BCUT2D eigenvalue weighted by molar-refractivity contribution is 6.31. The second-order valence-corrected chi connectivity index (χ2v) is 7.22. The van der Waals surface area contributed by atoms with Crippen molar-refractivity contribution in [2.75, 3.05) is 11.9 Å². The molecule has 0 spiro atoms. The Balaban J connectivity index is 2.37. The van der Waals surface area contributed by atoms with Crippen molar-refractivity contribution >= 4 is 23.1 Å². The van der Waals surface area contributed by atoms with Crippen LogP contribution in [0.2, 0.25) is 5.02 Å². The van der Waals surface area contributed by atoms with Crippen LogP contribution in [-0.2, 0) is 5.41 Å². The zero-order valence-corrected chi connectivity index (χ0v) is 13.5. The fraction of sp³-hybridized carbons (Fsp3) is 0.562. The molecule has 0 saturated heterocycles. The number of nitrogens with two attached hydrogens (primary N) is 1. The van der Waals surface area contributed by atoms with Crippen LogP contribution in [-0.4, -0.2) is 17.9 Å². The van der Waals surface area contributed by atoms with Crippen molar-refractivity contribution in [2.45, 2.75) is 51.5 Å². The molecular formula is C16H24ClN3. The molecular weight excluding hydrogens is 270 g/mol. The van der Waals surface area contributed by atoms with Crippen LogP contribution < -0.4 is 11.1 Å². The lowest BCUT2D eigenvalue weighted by molar-refractivity contribution is 0.478. The molecule has 0 radical (unpaired) electrons. The van der Waals surface area contributed by atoms with E-state index in [0.29, 0.717) is 6.54 Å². The van der Waals surface area contributed by atoms with Gasteiger partial charge in [-0.3, -0.25) is 4.99 Å². The summed E-state index contributed by atoms with van der Waals surface area (Å²) in [7, 11) is 0. The normalized spacial score (nSPS) is 19.6. The maximum absolute atomic E-state index is 6.10. The number of anilines is 1. The van der Waals surface area contributed by atoms with Gasteiger partial charge in [0.25, 0.3) is 0 Å². The summed E-state index contributed by atoms with van der Waals surface area (Å²) < 4.78 is 0. The smallest absolute Gasteiger partial charge is 0.102 e. The van der Waals surface area contributed by atoms with Crippen LogP contribution in [0.3, 0.4) is 0 Å². The maximum Gasteiger partial charge on any atom is 0.102 e. The van der Waals surface area contributed by atoms with Crippen molar-refractivity contribution in [3.63, 3.8) is 0 Å². The van der Waals surface area contributed by atoms with Gasteiger partial charge in [-0.1, -0.05) is 31.5 Å². The number of amidine groups is 1. The van der Waals surface area contributed by atoms with Crippen LogP contribution in [0.15, 0.2) is 23.2 Å². The zero-order chi connectivity index (χ0) is 15.0. The second kappa shape index (κ2) is 5.38. The molecule has 3 N–H and O–H groups in total. The standard InChI is InChI=1S/C16H24ClN3/c1-15(2)10-14(20-16(3,4)7-8-18)19-13-9-11(17)5-6-12(13)15/h5-6,9H,7-8,10,18H2,1-4H3,(H,19,20). The number of halogens is 1. The quantitative estimate of drug-likeness (QED) is 0.886. The Bertz CT molecular complexity index is 533. The van der Waals surface area contributed by atoms with Gasteiger partial charge in [-0.15, -0.1) is 0 Å². The minimum Gasteiger partial charge on any atom is -0.344 e. The van der Waals surface area contributed by atoms with Gasteiger partial charge in [0.05, 0.1) is 5.54 Å². The Labute approximate surface area is 126 Å². The third-order valence-corrected chi connectivity index (χ3v) is 4.03. The fourth-order valence-corrected chi connectivity index (χ4v) is 2.94. The van der Waals surface area contributed by atoms with Gasteiger partial charge in [0.1, 0.15) is 5.84 Å². The van der Waals surface area contributed by atoms with E-state index >= 15 is 0 Å². The Morgan fingerprint density at radius 3 is 2.75 bits per heavy atom. The van der Waals surface area contributed by atoms with Crippen LogP contribution in [0.1, 0.15) is 46.1 Å². The van der Waals surface area contributed by atoms with Crippen LogP contribution in [0.5, 0.6) is 0 Å². The van der Waals surface area contributed by atoms with E-state index < -0.39 is 0 Å². The molecule has 0 bridgehead atoms. The Kier molecular flexibility index (Phi) is 4.12. The van der Waals surface area contributed by atoms with E-state index in [0.717, 1.165) is 29.4 Å². The van der Waals surface area contributed by atoms with Crippen molar-refractivity contribution in [3.8, 4) is 0 Å². The molecule has 1 aliphatic rings. The lowest BCUT2D eigenvalue weighted by atomic mass is 9.77. The van der Waals surface area contributed by atoms with Crippen molar-refractivity contribution in [1.29, 1.82) is 0 Å². The Morgan fingerprint density at radius 1 is 1.40 bits per heavy atom. The van der Waals surface area contributed by atoms with Crippen molar-refractivity contribution < 1.29 is 0 Å². The predicted molar refractivity (Wildman–Crippen MR) is 87.9 cm³/mol. The van der Waals surface area contributed by atoms with E-state index in [1.54, 1.807) is 0 Å². The van der Waals surface area contributed by atoms with Crippen LogP contribution >= 0.6 is 11.6 Å². The third-order valence-electron chi connectivity index (χ3n) is 3.79. The summed E-state index contributed by atoms with van der Waals surface area (Å²) in [6.07, 6.45) is 1.77. The summed E-state index contributed by atoms with van der Waals surface area (Å²) in [4.78, 5) is 4.86. The van der Waals surface area contributed by atoms with Gasteiger partial charge in [0.15, 0.2) is 0 Å². The SMILES string of the molecule is CC(C)(CCN)N=C1CC(C)(C)c2ccc(Cl)cc2N1. The van der Waals surface area contributed by atoms with Gasteiger partial charge in [-0.2, -0.15) is 0 Å². The first-order valence-corrected chi connectivity index (χ1v) is 7.47. The number of hydrogen-bond acceptors (Lipinski definition) is 2. The van der Waals surface area contributed by atoms with Gasteiger partial charge in [-0.25, -0.2) is 0 Å². The van der Waals surface area contributed by atoms with Gasteiger partial charge in [0, 0.05) is 17.1 Å². The molecule has 2 rings (SSSR count). The average molecular weight is 294 g/mol. The summed E-state index contributed by atoms with van der Waals surface area (Å²) >= 11 is 6.10. The van der Waals surface area contributed by atoms with E-state index in [1.807, 2.05) is 12.1 Å². The largest absolute Gasteiger partial charge is 0.344 e. The molecule has 0 fully saturated rings. The van der Waals surface area contributed by atoms with Crippen molar-refractivity contribution in [2.24, 2.45) is 10.7 Å². The molecule has 0 saturated carbocycles. The van der Waals surface area contributed by atoms with E-state index in [9.17, 15) is 0 Å². The molecule has 1 heterocycles. The first kappa shape index (κ1) is 15.3. The molecule has 0 aliphatic carbocycles. The highest BCUT2D eigenvalue weighted by Crippen LogP contribution is 2.39. The minimum atomic E-state index is -0.136. The highest BCUT2D eigenvalue weighted by atomic mass is 35.5. The number of hydrogen-bond donors (Lipinski definition) is 2. The van der Waals surface area contributed by atoms with Crippen molar-refractivity contribution in [3.05, 3.63) is 28.8 Å². The summed E-state index contributed by atoms with van der Waals surface area (Å²) in [6.45, 7) is 9.37. The van der Waals surface area contributed by atoms with E-state index in [4.69, 9.17) is 22.3 Å². The van der Waals surface area contributed by atoms with Gasteiger partial charge in [0.2, 0.25) is 0 Å². The van der Waals surface area contributed by atoms with E-state index in [2.05, 4.69) is 39.1 Å². The van der Waals surface area contributed by atoms with E-state index in [1.165, 1.54) is 5.56 Å². The molecule has 20 heavy (non-hydrogen) atoms. The van der Waals surface area contributed by atoms with Crippen LogP contribution in [0.25, 0.3) is 0 Å². The molecule has 1 aliphatic heterocycles. The monoisotopic (exact) mass is 293 g/mol. The minimum absolute atomic E-state index is 0.0583. The lowest BCUT2D eigenvalue weighted by Gasteiger charge is -2.35. The van der Waals surface area contributed by atoms with E-state index in [-0.39, 0.29) is 11.0 Å². The maximum atomic E-state index is 6.10. The zero-order valence-electron chi connectivity index (χ0n) is 12.8. The second-order valence-electron chi connectivity index (χ2n) is 6.79. The first-order valence-electron chi connectivity index (χ1n) is 7.09. The summed E-state index contributed by atoms with van der Waals surface area (Å²) in [5.74, 6) is 1.02. The summed E-state index contributed by atoms with van der Waals surface area (Å²) in [5, 5.41) is 4.18. The molecule has 0 amide bonds. The molecule has 0 unspecified atom stereocenters. The highest BCUT2D eigenvalue weighted by Gasteiger charge is 2.31. The predicted octanol–water partition coefficient (Wildman–Crippen LogP) is 3.96. The topological polar surface area (TPSA) is 50.4 Å². The molecule has 0 aromatic heterocycles. The number of nitrogens with one attached hydrogen (secondary N) is 1. The number of aliphatic imine (C=N–C) groups is 1. The molecule has 110 valence electrons. The van der Waals surface area contributed by atoms with Gasteiger partial charge < -0.3 is 11.1 Å². The molecule has 1 aromatic carbocycles. The van der Waals surface area contributed by atoms with Gasteiger partial charge >= 0.3 is 0 Å². The first-order chi connectivity index (χ1) is 9.23. The fourth-order valence-electron chi connectivity index (χ4n) is 2.77. The number of rotatable bonds is 3. The number of benzene rings is 1. The molecule has 4 heteroatoms. The number of nitrogens with zero attached hydrogens (tertiary/aromatic N) is 1. The van der Waals surface area contributed by atoms with Crippen LogP contribution in [0.4, 0.5) is 5.69 Å². The number of fused-ring (bicyclic) bond motifs is 1.